The molecule has 0 aromatic carbocycles. The van der Waals surface area contributed by atoms with E-state index in [1.165, 1.54) is 4.90 Å². The first-order valence-electron chi connectivity index (χ1n) is 3.73. The topological polar surface area (TPSA) is 63.7 Å². The average molecular weight is 228 g/mol. The smallest absolute Gasteiger partial charge is 0.411 e. The van der Waals surface area contributed by atoms with Gasteiger partial charge in [0.1, 0.15) is 0 Å². The first-order valence-corrected chi connectivity index (χ1v) is 6.09. The Morgan fingerprint density at radius 3 is 2.38 bits per heavy atom. The van der Waals surface area contributed by atoms with E-state index in [9.17, 15) is 13.2 Å². The van der Waals surface area contributed by atoms with E-state index >= 15 is 0 Å². The summed E-state index contributed by atoms with van der Waals surface area (Å²) in [5.74, 6) is 0.00870. The molecule has 0 bridgehead atoms. The fraction of sp³-hybridized carbons (Fsp3) is 0.833. The number of carbonyl (C=O) groups excluding carboxylic acids is 1. The number of alkyl halides is 1. The van der Waals surface area contributed by atoms with E-state index in [-0.39, 0.29) is 30.7 Å². The molecule has 0 spiro atoms. The monoisotopic (exact) mass is 227 g/mol. The number of hydrogen-bond acceptors (Lipinski definition) is 4. The van der Waals surface area contributed by atoms with Crippen LogP contribution in [-0.4, -0.2) is 50.1 Å². The zero-order chi connectivity index (χ0) is 9.90. The summed E-state index contributed by atoms with van der Waals surface area (Å²) in [7, 11) is -2.95. The number of amides is 1. The molecule has 1 heterocycles. The van der Waals surface area contributed by atoms with E-state index in [4.69, 9.17) is 11.6 Å². The minimum atomic E-state index is -2.95. The van der Waals surface area contributed by atoms with Gasteiger partial charge in [0.2, 0.25) is 0 Å². The summed E-state index contributed by atoms with van der Waals surface area (Å²) in [6.45, 7) is 0.385. The van der Waals surface area contributed by atoms with Gasteiger partial charge in [0, 0.05) is 13.1 Å². The molecular formula is C6H10ClNO4S. The largest absolute Gasteiger partial charge is 0.433 e. The molecule has 1 rings (SSSR count). The molecule has 0 aromatic heterocycles. The maximum atomic E-state index is 11.0. The molecule has 0 atom stereocenters. The van der Waals surface area contributed by atoms with Crippen LogP contribution >= 0.6 is 11.6 Å². The van der Waals surface area contributed by atoms with Crippen molar-refractivity contribution in [2.75, 3.05) is 30.7 Å². The molecule has 1 aliphatic rings. The van der Waals surface area contributed by atoms with Gasteiger partial charge in [-0.15, -0.1) is 0 Å². The Bertz CT molecular complexity index is 275. The number of nitrogens with zero attached hydrogens (tertiary/aromatic N) is 1. The summed E-state index contributed by atoms with van der Waals surface area (Å²) < 4.78 is 26.5. The summed E-state index contributed by atoms with van der Waals surface area (Å²) in [6.07, 6.45) is -0.551. The number of ether oxygens (including phenoxy) is 1. The normalized spacial score (nSPS) is 21.2. The van der Waals surface area contributed by atoms with Crippen molar-refractivity contribution in [3.63, 3.8) is 0 Å². The summed E-state index contributed by atoms with van der Waals surface area (Å²) >= 11 is 5.18. The van der Waals surface area contributed by atoms with Crippen LogP contribution in [0.2, 0.25) is 0 Å². The predicted molar refractivity (Wildman–Crippen MR) is 47.4 cm³/mol. The van der Waals surface area contributed by atoms with Gasteiger partial charge in [-0.05, 0) is 0 Å². The Balaban J connectivity index is 2.45. The summed E-state index contributed by atoms with van der Waals surface area (Å²) in [4.78, 5) is 12.4. The van der Waals surface area contributed by atoms with Gasteiger partial charge < -0.3 is 9.64 Å². The standard InChI is InChI=1S/C6H10ClNO4S/c7-5-12-6(9)8-1-3-13(10,11)4-2-8/h1-5H2. The maximum absolute atomic E-state index is 11.0. The molecule has 13 heavy (non-hydrogen) atoms. The second-order valence-electron chi connectivity index (χ2n) is 2.66. The first kappa shape index (κ1) is 10.6. The van der Waals surface area contributed by atoms with E-state index in [0.717, 1.165) is 0 Å². The maximum Gasteiger partial charge on any atom is 0.411 e. The quantitative estimate of drug-likeness (QED) is 0.594. The van der Waals surface area contributed by atoms with Crippen LogP contribution in [0.1, 0.15) is 0 Å². The van der Waals surface area contributed by atoms with Crippen LogP contribution in [0.15, 0.2) is 0 Å². The fourth-order valence-corrected chi connectivity index (χ4v) is 2.33. The SMILES string of the molecule is O=C(OCCl)N1CCS(=O)(=O)CC1. The molecule has 7 heteroatoms. The third kappa shape index (κ3) is 3.04. The number of hydrogen-bond donors (Lipinski definition) is 0. The average Bonchev–Trinajstić information content (AvgIpc) is 2.04. The number of rotatable bonds is 1. The highest BCUT2D eigenvalue weighted by Gasteiger charge is 2.25. The lowest BCUT2D eigenvalue weighted by atomic mass is 10.5. The molecule has 1 aliphatic heterocycles. The van der Waals surface area contributed by atoms with Gasteiger partial charge in [-0.1, -0.05) is 11.6 Å². The van der Waals surface area contributed by atoms with Crippen LogP contribution in [0, 0.1) is 0 Å². The minimum Gasteiger partial charge on any atom is -0.433 e. The molecular weight excluding hydrogens is 218 g/mol. The molecule has 0 aliphatic carbocycles. The van der Waals surface area contributed by atoms with Crippen molar-refractivity contribution >= 4 is 27.5 Å². The Morgan fingerprint density at radius 1 is 1.38 bits per heavy atom. The molecule has 5 nitrogen and oxygen atoms in total. The molecule has 0 N–H and O–H groups in total. The lowest BCUT2D eigenvalue weighted by Gasteiger charge is -2.25. The van der Waals surface area contributed by atoms with Crippen LogP contribution in [0.25, 0.3) is 0 Å². The molecule has 1 saturated heterocycles. The highest BCUT2D eigenvalue weighted by molar-refractivity contribution is 7.91. The molecule has 1 fully saturated rings. The van der Waals surface area contributed by atoms with Crippen molar-refractivity contribution in [1.29, 1.82) is 0 Å². The van der Waals surface area contributed by atoms with Gasteiger partial charge >= 0.3 is 6.09 Å². The summed E-state index contributed by atoms with van der Waals surface area (Å²) in [6, 6.07) is -0.206. The van der Waals surface area contributed by atoms with Crippen molar-refractivity contribution < 1.29 is 17.9 Å². The zero-order valence-corrected chi connectivity index (χ0v) is 8.47. The Hall–Kier alpha value is -0.490. The number of halogens is 1. The van der Waals surface area contributed by atoms with Crippen LogP contribution < -0.4 is 0 Å². The minimum absolute atomic E-state index is 0.00435. The number of carbonyl (C=O) groups is 1. The van der Waals surface area contributed by atoms with Gasteiger partial charge in [0.05, 0.1) is 11.5 Å². The molecule has 0 radical (unpaired) electrons. The van der Waals surface area contributed by atoms with Crippen LogP contribution in [-0.2, 0) is 14.6 Å². The van der Waals surface area contributed by atoms with E-state index in [2.05, 4.69) is 4.74 Å². The Kier molecular flexibility index (Phi) is 3.38. The zero-order valence-electron chi connectivity index (χ0n) is 6.90. The third-order valence-corrected chi connectivity index (χ3v) is 3.50. The van der Waals surface area contributed by atoms with Crippen molar-refractivity contribution in [1.82, 2.24) is 4.90 Å². The van der Waals surface area contributed by atoms with Gasteiger partial charge in [-0.3, -0.25) is 0 Å². The first-order chi connectivity index (χ1) is 6.05. The predicted octanol–water partition coefficient (Wildman–Crippen LogP) is 0.0497. The summed E-state index contributed by atoms with van der Waals surface area (Å²) in [5, 5.41) is 0. The fourth-order valence-electron chi connectivity index (χ4n) is 1.03. The van der Waals surface area contributed by atoms with Gasteiger partial charge in [0.15, 0.2) is 15.9 Å². The lowest BCUT2D eigenvalue weighted by Crippen LogP contribution is -2.43. The van der Waals surface area contributed by atoms with Crippen molar-refractivity contribution in [3.8, 4) is 0 Å². The van der Waals surface area contributed by atoms with E-state index in [1.807, 2.05) is 0 Å². The Morgan fingerprint density at radius 2 is 1.92 bits per heavy atom. The van der Waals surface area contributed by atoms with Gasteiger partial charge in [0.25, 0.3) is 0 Å². The highest BCUT2D eigenvalue weighted by atomic mass is 35.5. The van der Waals surface area contributed by atoms with Gasteiger partial charge in [-0.25, -0.2) is 13.2 Å². The molecule has 76 valence electrons. The van der Waals surface area contributed by atoms with Crippen molar-refractivity contribution in [3.05, 3.63) is 0 Å². The second-order valence-corrected chi connectivity index (χ2v) is 5.18. The lowest BCUT2D eigenvalue weighted by molar-refractivity contribution is 0.121. The van der Waals surface area contributed by atoms with Crippen molar-refractivity contribution in [2.24, 2.45) is 0 Å². The van der Waals surface area contributed by atoms with Gasteiger partial charge in [-0.2, -0.15) is 0 Å². The molecule has 0 unspecified atom stereocenters. The Labute approximate surface area is 81.5 Å². The third-order valence-electron chi connectivity index (χ3n) is 1.78. The van der Waals surface area contributed by atoms with E-state index in [1.54, 1.807) is 0 Å². The number of sulfone groups is 1. The van der Waals surface area contributed by atoms with Crippen LogP contribution in [0.4, 0.5) is 4.79 Å². The highest BCUT2D eigenvalue weighted by Crippen LogP contribution is 2.05. The second kappa shape index (κ2) is 4.15. The van der Waals surface area contributed by atoms with Crippen molar-refractivity contribution in [2.45, 2.75) is 0 Å². The molecule has 0 saturated carbocycles. The van der Waals surface area contributed by atoms with E-state index < -0.39 is 15.9 Å². The van der Waals surface area contributed by atoms with Crippen LogP contribution in [0.5, 0.6) is 0 Å². The molecule has 1 amide bonds. The van der Waals surface area contributed by atoms with E-state index in [0.29, 0.717) is 0 Å². The molecule has 0 aromatic rings. The van der Waals surface area contributed by atoms with Crippen LogP contribution in [0.3, 0.4) is 0 Å². The summed E-state index contributed by atoms with van der Waals surface area (Å²) in [5.41, 5.74) is 0.